The first-order valence-corrected chi connectivity index (χ1v) is 13.2. The lowest BCUT2D eigenvalue weighted by Crippen LogP contribution is -2.48. The quantitative estimate of drug-likeness (QED) is 0.323. The van der Waals surface area contributed by atoms with E-state index in [0.29, 0.717) is 19.4 Å². The van der Waals surface area contributed by atoms with Gasteiger partial charge in [0.1, 0.15) is 16.8 Å². The Morgan fingerprint density at radius 2 is 1.68 bits per heavy atom. The smallest absolute Gasteiger partial charge is 0.244 e. The zero-order valence-electron chi connectivity index (χ0n) is 18.3. The summed E-state index contributed by atoms with van der Waals surface area (Å²) in [5.41, 5.74) is 1.74. The number of aromatic nitrogens is 1. The van der Waals surface area contributed by atoms with Gasteiger partial charge in [0.2, 0.25) is 15.9 Å². The van der Waals surface area contributed by atoms with Crippen molar-refractivity contribution in [3.8, 4) is 0 Å². The maximum atomic E-state index is 14.1. The average molecular weight is 498 g/mol. The van der Waals surface area contributed by atoms with Crippen LogP contribution in [0.1, 0.15) is 17.0 Å². The Labute approximate surface area is 201 Å². The van der Waals surface area contributed by atoms with Gasteiger partial charge in [0, 0.05) is 13.0 Å². The fourth-order valence-corrected chi connectivity index (χ4v) is 5.84. The molecule has 0 bridgehead atoms. The van der Waals surface area contributed by atoms with Crippen molar-refractivity contribution in [2.45, 2.75) is 30.2 Å². The van der Waals surface area contributed by atoms with Crippen LogP contribution in [0.5, 0.6) is 0 Å². The molecule has 1 heterocycles. The number of sulfonamides is 1. The normalized spacial score (nSPS) is 12.5. The molecule has 1 atom stereocenters. The van der Waals surface area contributed by atoms with Crippen LogP contribution in [0.4, 0.5) is 4.39 Å². The lowest BCUT2D eigenvalue weighted by molar-refractivity contribution is -0.122. The maximum Gasteiger partial charge on any atom is 0.244 e. The highest BCUT2D eigenvalue weighted by molar-refractivity contribution is 7.89. The largest absolute Gasteiger partial charge is 0.355 e. The van der Waals surface area contributed by atoms with E-state index >= 15 is 0 Å². The van der Waals surface area contributed by atoms with Gasteiger partial charge in [-0.25, -0.2) is 17.8 Å². The van der Waals surface area contributed by atoms with Crippen molar-refractivity contribution in [3.63, 3.8) is 0 Å². The predicted molar refractivity (Wildman–Crippen MR) is 132 cm³/mol. The second-order valence-electron chi connectivity index (χ2n) is 7.76. The predicted octanol–water partition coefficient (Wildman–Crippen LogP) is 4.07. The lowest BCUT2D eigenvalue weighted by atomic mass is 10.1. The summed E-state index contributed by atoms with van der Waals surface area (Å²) in [6.45, 7) is 0.363. The Kier molecular flexibility index (Phi) is 7.66. The molecule has 0 radical (unpaired) electrons. The summed E-state index contributed by atoms with van der Waals surface area (Å²) in [6, 6.07) is 21.0. The molecular weight excluding hydrogens is 473 g/mol. The van der Waals surface area contributed by atoms with Crippen molar-refractivity contribution in [3.05, 3.63) is 95.3 Å². The molecule has 0 saturated heterocycles. The summed E-state index contributed by atoms with van der Waals surface area (Å²) >= 11 is 1.62. The molecule has 0 aliphatic heterocycles. The van der Waals surface area contributed by atoms with Crippen LogP contribution >= 0.6 is 11.3 Å². The van der Waals surface area contributed by atoms with Gasteiger partial charge in [-0.2, -0.15) is 4.72 Å². The molecular formula is C25H24FN3O3S2. The number of para-hydroxylation sites is 1. The topological polar surface area (TPSA) is 88.2 Å². The fraction of sp³-hybridized carbons (Fsp3) is 0.200. The van der Waals surface area contributed by atoms with E-state index < -0.39 is 32.7 Å². The Morgan fingerprint density at radius 1 is 0.971 bits per heavy atom. The van der Waals surface area contributed by atoms with Crippen LogP contribution in [0, 0.1) is 5.82 Å². The zero-order chi connectivity index (χ0) is 24.0. The second kappa shape index (κ2) is 10.9. The standard InChI is InChI=1S/C25H24FN3O3S2/c26-19-11-4-7-14-23(19)34(31,32)29-21(17-18-9-2-1-3-10-18)25(30)27-16-8-15-24-28-20-12-5-6-13-22(20)33-24/h1-7,9-14,21,29H,8,15-17H2,(H,27,30)/t21-/m0/s1. The zero-order valence-corrected chi connectivity index (χ0v) is 19.9. The summed E-state index contributed by atoms with van der Waals surface area (Å²) < 4.78 is 43.3. The minimum absolute atomic E-state index is 0.137. The van der Waals surface area contributed by atoms with Crippen LogP contribution < -0.4 is 10.0 Å². The highest BCUT2D eigenvalue weighted by Gasteiger charge is 2.27. The number of carbonyl (C=O) groups is 1. The van der Waals surface area contributed by atoms with Gasteiger partial charge in [-0.3, -0.25) is 4.79 Å². The molecule has 0 aliphatic rings. The molecule has 4 rings (SSSR count). The number of hydrogen-bond donors (Lipinski definition) is 2. The minimum atomic E-state index is -4.24. The van der Waals surface area contributed by atoms with Gasteiger partial charge in [-0.1, -0.05) is 54.6 Å². The van der Waals surface area contributed by atoms with E-state index in [1.165, 1.54) is 18.2 Å². The van der Waals surface area contributed by atoms with E-state index in [-0.39, 0.29) is 6.42 Å². The third-order valence-corrected chi connectivity index (χ3v) is 7.83. The molecule has 0 fully saturated rings. The number of carbonyl (C=O) groups excluding carboxylic acids is 1. The number of aryl methyl sites for hydroxylation is 1. The van der Waals surface area contributed by atoms with E-state index in [2.05, 4.69) is 15.0 Å². The number of nitrogens with one attached hydrogen (secondary N) is 2. The molecule has 34 heavy (non-hydrogen) atoms. The number of hydrogen-bond acceptors (Lipinski definition) is 5. The number of fused-ring (bicyclic) bond motifs is 1. The van der Waals surface area contributed by atoms with Gasteiger partial charge < -0.3 is 5.32 Å². The average Bonchev–Trinajstić information content (AvgIpc) is 3.25. The van der Waals surface area contributed by atoms with Crippen LogP contribution in [0.2, 0.25) is 0 Å². The molecule has 176 valence electrons. The summed E-state index contributed by atoms with van der Waals surface area (Å²) in [5, 5.41) is 3.80. The lowest BCUT2D eigenvalue weighted by Gasteiger charge is -2.19. The molecule has 9 heteroatoms. The van der Waals surface area contributed by atoms with E-state index in [1.807, 2.05) is 54.6 Å². The molecule has 0 spiro atoms. The highest BCUT2D eigenvalue weighted by atomic mass is 32.2. The third-order valence-electron chi connectivity index (χ3n) is 5.23. The van der Waals surface area contributed by atoms with Gasteiger partial charge in [-0.05, 0) is 42.7 Å². The Morgan fingerprint density at radius 3 is 2.44 bits per heavy atom. The molecule has 1 aromatic heterocycles. The Balaban J connectivity index is 1.41. The van der Waals surface area contributed by atoms with Gasteiger partial charge in [0.25, 0.3) is 0 Å². The van der Waals surface area contributed by atoms with Crippen LogP contribution in [0.3, 0.4) is 0 Å². The van der Waals surface area contributed by atoms with Crippen molar-refractivity contribution in [2.75, 3.05) is 6.54 Å². The molecule has 1 amide bonds. The first-order chi connectivity index (χ1) is 16.4. The summed E-state index contributed by atoms with van der Waals surface area (Å²) in [6.07, 6.45) is 1.49. The first-order valence-electron chi connectivity index (χ1n) is 10.9. The Bertz CT molecular complexity index is 1340. The minimum Gasteiger partial charge on any atom is -0.355 e. The highest BCUT2D eigenvalue weighted by Crippen LogP contribution is 2.22. The summed E-state index contributed by atoms with van der Waals surface area (Å²) in [5.74, 6) is -1.34. The van der Waals surface area contributed by atoms with Gasteiger partial charge >= 0.3 is 0 Å². The fourth-order valence-electron chi connectivity index (χ4n) is 3.55. The SMILES string of the molecule is O=C(NCCCc1nc2ccccc2s1)[C@H](Cc1ccccc1)NS(=O)(=O)c1ccccc1F. The monoisotopic (exact) mass is 497 g/mol. The van der Waals surface area contributed by atoms with Crippen molar-refractivity contribution in [1.82, 2.24) is 15.0 Å². The molecule has 0 aliphatic carbocycles. The molecule has 4 aromatic rings. The first kappa shape index (κ1) is 24.0. The van der Waals surface area contributed by atoms with E-state index in [9.17, 15) is 17.6 Å². The van der Waals surface area contributed by atoms with Crippen LogP contribution in [-0.4, -0.2) is 31.9 Å². The van der Waals surface area contributed by atoms with E-state index in [4.69, 9.17) is 0 Å². The van der Waals surface area contributed by atoms with Gasteiger partial charge in [0.05, 0.1) is 15.2 Å². The Hall–Kier alpha value is -3.14. The molecule has 0 saturated carbocycles. The van der Waals surface area contributed by atoms with Crippen molar-refractivity contribution in [2.24, 2.45) is 0 Å². The number of benzene rings is 3. The van der Waals surface area contributed by atoms with Crippen molar-refractivity contribution >= 4 is 37.5 Å². The number of nitrogens with zero attached hydrogens (tertiary/aromatic N) is 1. The third kappa shape index (κ3) is 6.05. The summed E-state index contributed by atoms with van der Waals surface area (Å²) in [7, 11) is -4.24. The second-order valence-corrected chi connectivity index (χ2v) is 10.6. The molecule has 0 unspecified atom stereocenters. The number of amides is 1. The number of halogens is 1. The van der Waals surface area contributed by atoms with Gasteiger partial charge in [-0.15, -0.1) is 11.3 Å². The van der Waals surface area contributed by atoms with E-state index in [0.717, 1.165) is 26.9 Å². The number of rotatable bonds is 10. The van der Waals surface area contributed by atoms with Crippen molar-refractivity contribution < 1.29 is 17.6 Å². The molecule has 6 nitrogen and oxygen atoms in total. The number of thiazole rings is 1. The maximum absolute atomic E-state index is 14.1. The van der Waals surface area contributed by atoms with Crippen LogP contribution in [-0.2, 0) is 27.7 Å². The van der Waals surface area contributed by atoms with Crippen LogP contribution in [0.25, 0.3) is 10.2 Å². The van der Waals surface area contributed by atoms with E-state index in [1.54, 1.807) is 11.3 Å². The van der Waals surface area contributed by atoms with Gasteiger partial charge in [0.15, 0.2) is 0 Å². The van der Waals surface area contributed by atoms with Crippen LogP contribution in [0.15, 0.2) is 83.8 Å². The molecule has 2 N–H and O–H groups in total. The molecule has 3 aromatic carbocycles. The summed E-state index contributed by atoms with van der Waals surface area (Å²) in [4.78, 5) is 17.0. The van der Waals surface area contributed by atoms with Crippen molar-refractivity contribution in [1.29, 1.82) is 0 Å².